The molecule has 0 N–H and O–H groups in total. The molecule has 1 fully saturated rings. The summed E-state index contributed by atoms with van der Waals surface area (Å²) in [6.45, 7) is 2.31. The Morgan fingerprint density at radius 1 is 0.909 bits per heavy atom. The smallest absolute Gasteiger partial charge is 0.0827 e. The predicted molar refractivity (Wildman–Crippen MR) is 93.7 cm³/mol. The highest BCUT2D eigenvalue weighted by atomic mass is 19.1. The number of allylic oxidation sites excluding steroid dienone is 1. The Bertz CT molecular complexity index is 424. The minimum Gasteiger partial charge on any atom is -0.216 e. The van der Waals surface area contributed by atoms with Crippen LogP contribution < -0.4 is 0 Å². The summed E-state index contributed by atoms with van der Waals surface area (Å²) in [4.78, 5) is 0. The van der Waals surface area contributed by atoms with E-state index in [2.05, 4.69) is 31.2 Å². The van der Waals surface area contributed by atoms with Gasteiger partial charge in [-0.3, -0.25) is 0 Å². The van der Waals surface area contributed by atoms with Crippen LogP contribution in [0.2, 0.25) is 0 Å². The largest absolute Gasteiger partial charge is 0.216 e. The van der Waals surface area contributed by atoms with Crippen molar-refractivity contribution in [1.82, 2.24) is 0 Å². The van der Waals surface area contributed by atoms with Crippen LogP contribution in [0, 0.1) is 11.8 Å². The first-order valence-electron chi connectivity index (χ1n) is 9.14. The van der Waals surface area contributed by atoms with Crippen molar-refractivity contribution in [3.8, 4) is 0 Å². The molecule has 0 radical (unpaired) electrons. The summed E-state index contributed by atoms with van der Waals surface area (Å²) >= 11 is 0. The molecule has 0 heterocycles. The van der Waals surface area contributed by atoms with Crippen LogP contribution in [0.4, 0.5) is 4.39 Å². The molecule has 1 aliphatic rings. The van der Waals surface area contributed by atoms with Gasteiger partial charge in [0.1, 0.15) is 0 Å². The van der Waals surface area contributed by atoms with Gasteiger partial charge in [0.2, 0.25) is 0 Å². The lowest BCUT2D eigenvalue weighted by molar-refractivity contribution is 0.252. The number of rotatable bonds is 8. The van der Waals surface area contributed by atoms with Crippen molar-refractivity contribution in [2.24, 2.45) is 11.8 Å². The average Bonchev–Trinajstić information content (AvgIpc) is 2.56. The highest BCUT2D eigenvalue weighted by molar-refractivity contribution is 5.23. The molecule has 0 amide bonds. The first-order valence-corrected chi connectivity index (χ1v) is 9.14. The van der Waals surface area contributed by atoms with Gasteiger partial charge in [-0.15, -0.1) is 0 Å². The molecule has 0 aliphatic heterocycles. The van der Waals surface area contributed by atoms with Crippen molar-refractivity contribution in [2.75, 3.05) is 0 Å². The third-order valence-corrected chi connectivity index (χ3v) is 5.22. The van der Waals surface area contributed by atoms with Crippen LogP contribution in [0.5, 0.6) is 0 Å². The fourth-order valence-electron chi connectivity index (χ4n) is 3.77. The first-order chi connectivity index (χ1) is 10.8. The third-order valence-electron chi connectivity index (χ3n) is 5.22. The molecule has 1 aromatic rings. The third kappa shape index (κ3) is 5.94. The van der Waals surface area contributed by atoms with Gasteiger partial charge < -0.3 is 0 Å². The molecule has 0 bridgehead atoms. The second-order valence-electron chi connectivity index (χ2n) is 6.93. The Kier molecular flexibility index (Phi) is 7.70. The fraction of sp³-hybridized carbons (Fsp3) is 0.619. The maximum atomic E-state index is 11.9. The van der Waals surface area contributed by atoms with Gasteiger partial charge in [0.15, 0.2) is 0 Å². The Morgan fingerprint density at radius 3 is 2.00 bits per heavy atom. The predicted octanol–water partition coefficient (Wildman–Crippen LogP) is 6.64. The van der Waals surface area contributed by atoms with Crippen LogP contribution in [0.3, 0.4) is 0 Å². The minimum absolute atomic E-state index is 0.642. The molecule has 0 unspecified atom stereocenters. The quantitative estimate of drug-likeness (QED) is 0.505. The van der Waals surface area contributed by atoms with Crippen molar-refractivity contribution in [1.29, 1.82) is 0 Å². The van der Waals surface area contributed by atoms with E-state index >= 15 is 0 Å². The zero-order valence-electron chi connectivity index (χ0n) is 14.1. The van der Waals surface area contributed by atoms with Gasteiger partial charge in [-0.25, -0.2) is 4.39 Å². The summed E-state index contributed by atoms with van der Waals surface area (Å²) in [5, 5.41) is 0. The second kappa shape index (κ2) is 9.82. The standard InChI is InChI=1S/C21H31F/c1-2-5-18-7-11-20(12-8-18)15-16-21-13-9-19(10-14-21)6-3-4-17-22/h4,9-10,13-14,17-18,20H,2-3,5-8,11-12,15-16H2,1H3/b17-4+/t18-,20-. The van der Waals surface area contributed by atoms with Crippen molar-refractivity contribution in [2.45, 2.75) is 71.1 Å². The molecule has 0 saturated heterocycles. The van der Waals surface area contributed by atoms with E-state index in [1.165, 1.54) is 62.5 Å². The topological polar surface area (TPSA) is 0 Å². The van der Waals surface area contributed by atoms with Crippen LogP contribution in [0.15, 0.2) is 36.7 Å². The van der Waals surface area contributed by atoms with E-state index in [9.17, 15) is 4.39 Å². The normalized spacial score (nSPS) is 22.3. The van der Waals surface area contributed by atoms with Crippen LogP contribution >= 0.6 is 0 Å². The average molecular weight is 302 g/mol. The molecule has 1 aliphatic carbocycles. The maximum Gasteiger partial charge on any atom is 0.0827 e. The minimum atomic E-state index is 0.642. The van der Waals surface area contributed by atoms with E-state index in [-0.39, 0.29) is 0 Å². The Morgan fingerprint density at radius 2 is 1.45 bits per heavy atom. The van der Waals surface area contributed by atoms with Gasteiger partial charge in [0.25, 0.3) is 0 Å². The summed E-state index contributed by atoms with van der Waals surface area (Å²) in [5.41, 5.74) is 2.77. The molecule has 22 heavy (non-hydrogen) atoms. The summed E-state index contributed by atoms with van der Waals surface area (Å²) in [6, 6.07) is 8.94. The Labute approximate surface area is 135 Å². The molecule has 0 spiro atoms. The number of halogens is 1. The number of hydrogen-bond donors (Lipinski definition) is 0. The number of benzene rings is 1. The van der Waals surface area contributed by atoms with Gasteiger partial charge in [0.05, 0.1) is 6.33 Å². The molecule has 2 rings (SSSR count). The summed E-state index contributed by atoms with van der Waals surface area (Å²) in [7, 11) is 0. The van der Waals surface area contributed by atoms with E-state index in [4.69, 9.17) is 0 Å². The van der Waals surface area contributed by atoms with E-state index < -0.39 is 0 Å². The van der Waals surface area contributed by atoms with E-state index in [0.29, 0.717) is 6.33 Å². The Balaban J connectivity index is 1.69. The van der Waals surface area contributed by atoms with Crippen molar-refractivity contribution in [3.05, 3.63) is 47.8 Å². The van der Waals surface area contributed by atoms with Gasteiger partial charge in [0, 0.05) is 0 Å². The summed E-state index contributed by atoms with van der Waals surface area (Å²) in [5.74, 6) is 1.96. The van der Waals surface area contributed by atoms with Gasteiger partial charge in [-0.05, 0) is 48.6 Å². The van der Waals surface area contributed by atoms with E-state index in [1.54, 1.807) is 6.08 Å². The van der Waals surface area contributed by atoms with Gasteiger partial charge in [-0.2, -0.15) is 0 Å². The van der Waals surface area contributed by atoms with Gasteiger partial charge in [-0.1, -0.05) is 75.8 Å². The highest BCUT2D eigenvalue weighted by Gasteiger charge is 2.20. The monoisotopic (exact) mass is 302 g/mol. The molecule has 1 heteroatoms. The molecule has 0 nitrogen and oxygen atoms in total. The van der Waals surface area contributed by atoms with Crippen molar-refractivity contribution in [3.63, 3.8) is 0 Å². The highest BCUT2D eigenvalue weighted by Crippen LogP contribution is 2.33. The molecule has 1 aromatic carbocycles. The summed E-state index contributed by atoms with van der Waals surface area (Å²) in [6.07, 6.45) is 15.1. The lowest BCUT2D eigenvalue weighted by atomic mass is 9.78. The van der Waals surface area contributed by atoms with Crippen LogP contribution in [0.25, 0.3) is 0 Å². The summed E-state index contributed by atoms with van der Waals surface area (Å²) < 4.78 is 11.9. The van der Waals surface area contributed by atoms with Gasteiger partial charge >= 0.3 is 0 Å². The number of hydrogen-bond acceptors (Lipinski definition) is 0. The van der Waals surface area contributed by atoms with E-state index in [0.717, 1.165) is 24.7 Å². The van der Waals surface area contributed by atoms with Crippen LogP contribution in [0.1, 0.15) is 69.4 Å². The molecule has 122 valence electrons. The van der Waals surface area contributed by atoms with Crippen LogP contribution in [-0.4, -0.2) is 0 Å². The zero-order chi connectivity index (χ0) is 15.6. The van der Waals surface area contributed by atoms with E-state index in [1.807, 2.05) is 0 Å². The molecular weight excluding hydrogens is 271 g/mol. The van der Waals surface area contributed by atoms with Crippen LogP contribution in [-0.2, 0) is 12.8 Å². The zero-order valence-corrected chi connectivity index (χ0v) is 14.1. The fourth-order valence-corrected chi connectivity index (χ4v) is 3.77. The molecular formula is C21H31F. The van der Waals surface area contributed by atoms with Crippen molar-refractivity contribution >= 4 is 0 Å². The lowest BCUT2D eigenvalue weighted by Crippen LogP contribution is -2.15. The SMILES string of the molecule is CCC[C@H]1CC[C@H](CCc2ccc(CC/C=C/F)cc2)CC1. The van der Waals surface area contributed by atoms with Crippen molar-refractivity contribution < 1.29 is 4.39 Å². The second-order valence-corrected chi connectivity index (χ2v) is 6.93. The number of aryl methyl sites for hydroxylation is 2. The molecule has 1 saturated carbocycles. The Hall–Kier alpha value is -1.11. The molecule has 0 atom stereocenters. The maximum absolute atomic E-state index is 11.9. The lowest BCUT2D eigenvalue weighted by Gasteiger charge is -2.28. The molecule has 0 aromatic heterocycles. The first kappa shape index (κ1) is 17.2.